The van der Waals surface area contributed by atoms with Gasteiger partial charge < -0.3 is 4.74 Å². The standard InChI is InChI=1S/C21H34O2/c1-13-12-21(3)14(11-18(13)22)5-6-15-16-7-8-19(23-4)20(16,2)10-9-17(15)21/h13-17,19H,5-12H2,1-4H3. The molecule has 8 atom stereocenters. The Balaban J connectivity index is 1.63. The lowest BCUT2D eigenvalue weighted by Crippen LogP contribution is -2.55. The van der Waals surface area contributed by atoms with Crippen molar-refractivity contribution in [2.45, 2.75) is 78.2 Å². The van der Waals surface area contributed by atoms with E-state index in [1.165, 1.54) is 38.5 Å². The summed E-state index contributed by atoms with van der Waals surface area (Å²) in [7, 11) is 1.91. The fourth-order valence-electron chi connectivity index (χ4n) is 7.74. The van der Waals surface area contributed by atoms with Crippen LogP contribution in [0.15, 0.2) is 0 Å². The van der Waals surface area contributed by atoms with Crippen LogP contribution in [-0.4, -0.2) is 19.0 Å². The molecule has 130 valence electrons. The van der Waals surface area contributed by atoms with Crippen LogP contribution in [0.1, 0.15) is 72.1 Å². The zero-order valence-electron chi connectivity index (χ0n) is 15.4. The second kappa shape index (κ2) is 5.31. The fraction of sp³-hybridized carbons (Fsp3) is 0.952. The summed E-state index contributed by atoms with van der Waals surface area (Å²) < 4.78 is 5.88. The summed E-state index contributed by atoms with van der Waals surface area (Å²) in [4.78, 5) is 12.3. The van der Waals surface area contributed by atoms with Crippen LogP contribution < -0.4 is 0 Å². The number of fused-ring (bicyclic) bond motifs is 5. The summed E-state index contributed by atoms with van der Waals surface area (Å²) in [5.74, 6) is 4.08. The van der Waals surface area contributed by atoms with Gasteiger partial charge in [0.25, 0.3) is 0 Å². The Bertz CT molecular complexity index is 500. The van der Waals surface area contributed by atoms with Gasteiger partial charge in [-0.1, -0.05) is 20.8 Å². The Hall–Kier alpha value is -0.370. The lowest BCUT2D eigenvalue weighted by molar-refractivity contribution is -0.150. The summed E-state index contributed by atoms with van der Waals surface area (Å²) in [5, 5.41) is 0. The minimum Gasteiger partial charge on any atom is -0.381 e. The van der Waals surface area contributed by atoms with E-state index in [9.17, 15) is 4.79 Å². The Labute approximate surface area is 141 Å². The summed E-state index contributed by atoms with van der Waals surface area (Å²) >= 11 is 0. The van der Waals surface area contributed by atoms with Gasteiger partial charge in [0.2, 0.25) is 0 Å². The van der Waals surface area contributed by atoms with E-state index in [2.05, 4.69) is 20.8 Å². The summed E-state index contributed by atoms with van der Waals surface area (Å²) in [6.45, 7) is 7.23. The number of carbonyl (C=O) groups is 1. The van der Waals surface area contributed by atoms with Crippen LogP contribution in [-0.2, 0) is 9.53 Å². The minimum absolute atomic E-state index is 0.290. The highest BCUT2D eigenvalue weighted by molar-refractivity contribution is 5.82. The smallest absolute Gasteiger partial charge is 0.136 e. The van der Waals surface area contributed by atoms with Gasteiger partial charge in [-0.05, 0) is 79.4 Å². The van der Waals surface area contributed by atoms with Crippen molar-refractivity contribution in [2.24, 2.45) is 40.4 Å². The Kier molecular flexibility index (Phi) is 3.72. The first-order valence-corrected chi connectivity index (χ1v) is 9.95. The Morgan fingerprint density at radius 2 is 1.74 bits per heavy atom. The normalized spacial score (nSPS) is 55.9. The first kappa shape index (κ1) is 16.1. The van der Waals surface area contributed by atoms with Crippen LogP contribution in [0.4, 0.5) is 0 Å². The molecule has 4 aliphatic rings. The SMILES string of the molecule is COC1CCC2C3CCC4CC(=O)C(C)CC4(C)C3CCC12C. The van der Waals surface area contributed by atoms with Gasteiger partial charge in [-0.3, -0.25) is 4.79 Å². The third-order valence-corrected chi connectivity index (χ3v) is 9.01. The average Bonchev–Trinajstić information content (AvgIpc) is 2.85. The maximum atomic E-state index is 12.3. The Morgan fingerprint density at radius 1 is 1.00 bits per heavy atom. The van der Waals surface area contributed by atoms with E-state index in [-0.39, 0.29) is 0 Å². The number of Topliss-reactive ketones (excluding diaryl/α,β-unsaturated/α-hetero) is 1. The molecule has 0 spiro atoms. The van der Waals surface area contributed by atoms with Gasteiger partial charge >= 0.3 is 0 Å². The van der Waals surface area contributed by atoms with Crippen LogP contribution in [0.5, 0.6) is 0 Å². The van der Waals surface area contributed by atoms with Gasteiger partial charge in [0.1, 0.15) is 5.78 Å². The molecule has 2 heteroatoms. The van der Waals surface area contributed by atoms with E-state index in [0.29, 0.717) is 34.6 Å². The van der Waals surface area contributed by atoms with Gasteiger partial charge in [0.15, 0.2) is 0 Å². The molecule has 4 rings (SSSR count). The largest absolute Gasteiger partial charge is 0.381 e. The number of ether oxygens (including phenoxy) is 1. The molecule has 0 bridgehead atoms. The molecular formula is C21H34O2. The number of hydrogen-bond donors (Lipinski definition) is 0. The van der Waals surface area contributed by atoms with Crippen molar-refractivity contribution in [3.05, 3.63) is 0 Å². The molecule has 0 radical (unpaired) electrons. The van der Waals surface area contributed by atoms with Crippen molar-refractivity contribution >= 4 is 5.78 Å². The molecule has 8 unspecified atom stereocenters. The molecule has 0 aromatic rings. The molecule has 2 nitrogen and oxygen atoms in total. The van der Waals surface area contributed by atoms with Gasteiger partial charge in [0.05, 0.1) is 6.10 Å². The second-order valence-electron chi connectivity index (χ2n) is 9.78. The zero-order valence-corrected chi connectivity index (χ0v) is 15.4. The van der Waals surface area contributed by atoms with E-state index < -0.39 is 0 Å². The zero-order chi connectivity index (χ0) is 16.4. The molecule has 4 aliphatic carbocycles. The topological polar surface area (TPSA) is 26.3 Å². The molecular weight excluding hydrogens is 284 g/mol. The van der Waals surface area contributed by atoms with E-state index in [4.69, 9.17) is 4.74 Å². The van der Waals surface area contributed by atoms with Gasteiger partial charge in [-0.2, -0.15) is 0 Å². The molecule has 0 amide bonds. The van der Waals surface area contributed by atoms with Crippen molar-refractivity contribution in [1.82, 2.24) is 0 Å². The molecule has 0 aromatic heterocycles. The molecule has 0 aliphatic heterocycles. The first-order chi connectivity index (χ1) is 10.9. The molecule has 23 heavy (non-hydrogen) atoms. The predicted octanol–water partition coefficient (Wildman–Crippen LogP) is 4.86. The van der Waals surface area contributed by atoms with Crippen molar-refractivity contribution in [3.63, 3.8) is 0 Å². The third kappa shape index (κ3) is 2.12. The van der Waals surface area contributed by atoms with Crippen molar-refractivity contribution in [2.75, 3.05) is 7.11 Å². The van der Waals surface area contributed by atoms with E-state index >= 15 is 0 Å². The maximum absolute atomic E-state index is 12.3. The molecule has 4 saturated carbocycles. The monoisotopic (exact) mass is 318 g/mol. The summed E-state index contributed by atoms with van der Waals surface area (Å²) in [5.41, 5.74) is 0.831. The first-order valence-electron chi connectivity index (χ1n) is 9.95. The van der Waals surface area contributed by atoms with Gasteiger partial charge in [-0.15, -0.1) is 0 Å². The lowest BCUT2D eigenvalue weighted by Gasteiger charge is -2.60. The third-order valence-electron chi connectivity index (χ3n) is 9.01. The molecule has 0 aromatic carbocycles. The number of carbonyl (C=O) groups excluding carboxylic acids is 1. The second-order valence-corrected chi connectivity index (χ2v) is 9.78. The van der Waals surface area contributed by atoms with Crippen LogP contribution in [0.3, 0.4) is 0 Å². The van der Waals surface area contributed by atoms with Crippen molar-refractivity contribution in [1.29, 1.82) is 0 Å². The van der Waals surface area contributed by atoms with Crippen molar-refractivity contribution < 1.29 is 9.53 Å². The number of ketones is 1. The van der Waals surface area contributed by atoms with E-state index in [0.717, 1.165) is 30.6 Å². The summed E-state index contributed by atoms with van der Waals surface area (Å²) in [6.07, 6.45) is 10.5. The highest BCUT2D eigenvalue weighted by atomic mass is 16.5. The number of hydrogen-bond acceptors (Lipinski definition) is 2. The van der Waals surface area contributed by atoms with Crippen LogP contribution in [0.2, 0.25) is 0 Å². The van der Waals surface area contributed by atoms with Crippen LogP contribution in [0, 0.1) is 40.4 Å². The molecule has 0 saturated heterocycles. The van der Waals surface area contributed by atoms with Crippen molar-refractivity contribution in [3.8, 4) is 0 Å². The maximum Gasteiger partial charge on any atom is 0.136 e. The number of methoxy groups -OCH3 is 1. The van der Waals surface area contributed by atoms with Crippen LogP contribution >= 0.6 is 0 Å². The fourth-order valence-corrected chi connectivity index (χ4v) is 7.74. The Morgan fingerprint density at radius 3 is 2.48 bits per heavy atom. The highest BCUT2D eigenvalue weighted by Crippen LogP contribution is 2.66. The minimum atomic E-state index is 0.290. The predicted molar refractivity (Wildman–Crippen MR) is 92.1 cm³/mol. The summed E-state index contributed by atoms with van der Waals surface area (Å²) in [6, 6.07) is 0. The molecule has 0 N–H and O–H groups in total. The molecule has 4 fully saturated rings. The number of rotatable bonds is 1. The van der Waals surface area contributed by atoms with E-state index in [1.54, 1.807) is 0 Å². The van der Waals surface area contributed by atoms with Gasteiger partial charge in [-0.25, -0.2) is 0 Å². The highest BCUT2D eigenvalue weighted by Gasteiger charge is 2.60. The van der Waals surface area contributed by atoms with Gasteiger partial charge in [0, 0.05) is 19.4 Å². The van der Waals surface area contributed by atoms with Crippen LogP contribution in [0.25, 0.3) is 0 Å². The molecule has 0 heterocycles. The lowest BCUT2D eigenvalue weighted by atomic mass is 9.44. The quantitative estimate of drug-likeness (QED) is 0.690. The average molecular weight is 319 g/mol. The van der Waals surface area contributed by atoms with E-state index in [1.807, 2.05) is 7.11 Å².